The summed E-state index contributed by atoms with van der Waals surface area (Å²) < 4.78 is 10.6. The van der Waals surface area contributed by atoms with E-state index < -0.39 is 0 Å². The van der Waals surface area contributed by atoms with E-state index >= 15 is 0 Å². The van der Waals surface area contributed by atoms with Crippen molar-refractivity contribution < 1.29 is 14.1 Å². The Kier molecular flexibility index (Phi) is 5.80. The van der Waals surface area contributed by atoms with Crippen molar-refractivity contribution in [1.29, 1.82) is 0 Å². The van der Waals surface area contributed by atoms with Crippen molar-refractivity contribution >= 4 is 11.7 Å². The molecule has 2 aromatic rings. The van der Waals surface area contributed by atoms with Gasteiger partial charge in [0, 0.05) is 49.4 Å². The van der Waals surface area contributed by atoms with Gasteiger partial charge in [0.1, 0.15) is 11.6 Å². The number of hydrogen-bond donors (Lipinski definition) is 0. The second-order valence-corrected chi connectivity index (χ2v) is 7.82. The van der Waals surface area contributed by atoms with E-state index in [1.807, 2.05) is 11.8 Å². The highest BCUT2D eigenvalue weighted by Crippen LogP contribution is 2.30. The predicted octanol–water partition coefficient (Wildman–Crippen LogP) is 2.50. The summed E-state index contributed by atoms with van der Waals surface area (Å²) in [5.74, 6) is 2.46. The molecule has 4 heterocycles. The standard InChI is InChI=1S/C21H29N5O3/c1-4-17-15(3)22-19(23-20(17)25-9-11-28-12-10-25)16-5-7-26(8-6-16)21(27)18-13-14(2)24-29-18/h13,16H,4-12H2,1-3H3. The van der Waals surface area contributed by atoms with Crippen molar-refractivity contribution in [2.24, 2.45) is 0 Å². The van der Waals surface area contributed by atoms with E-state index in [2.05, 4.69) is 23.9 Å². The van der Waals surface area contributed by atoms with Gasteiger partial charge in [0.15, 0.2) is 0 Å². The van der Waals surface area contributed by atoms with Crippen molar-refractivity contribution in [3.63, 3.8) is 0 Å². The van der Waals surface area contributed by atoms with Crippen LogP contribution in [0.1, 0.15) is 59.0 Å². The zero-order valence-electron chi connectivity index (χ0n) is 17.5. The van der Waals surface area contributed by atoms with Gasteiger partial charge in [-0.2, -0.15) is 0 Å². The van der Waals surface area contributed by atoms with E-state index in [1.54, 1.807) is 6.07 Å². The van der Waals surface area contributed by atoms with E-state index in [0.717, 1.165) is 68.6 Å². The minimum Gasteiger partial charge on any atom is -0.378 e. The molecular formula is C21H29N5O3. The number of rotatable bonds is 4. The quantitative estimate of drug-likeness (QED) is 0.781. The van der Waals surface area contributed by atoms with Crippen LogP contribution in [0.25, 0.3) is 0 Å². The van der Waals surface area contributed by atoms with Gasteiger partial charge in [0.25, 0.3) is 5.91 Å². The molecule has 0 bridgehead atoms. The van der Waals surface area contributed by atoms with Crippen LogP contribution in [0.5, 0.6) is 0 Å². The van der Waals surface area contributed by atoms with E-state index in [-0.39, 0.29) is 11.8 Å². The maximum absolute atomic E-state index is 12.6. The molecular weight excluding hydrogens is 370 g/mol. The first kappa shape index (κ1) is 19.8. The molecule has 2 aliphatic heterocycles. The Balaban J connectivity index is 1.49. The fourth-order valence-corrected chi connectivity index (χ4v) is 4.20. The average molecular weight is 399 g/mol. The summed E-state index contributed by atoms with van der Waals surface area (Å²) >= 11 is 0. The third-order valence-electron chi connectivity index (χ3n) is 5.86. The second-order valence-electron chi connectivity index (χ2n) is 7.82. The highest BCUT2D eigenvalue weighted by Gasteiger charge is 2.29. The SMILES string of the molecule is CCc1c(C)nc(C2CCN(C(=O)c3cc(C)no3)CC2)nc1N1CCOCC1. The lowest BCUT2D eigenvalue weighted by Crippen LogP contribution is -2.39. The number of carbonyl (C=O) groups is 1. The van der Waals surface area contributed by atoms with Crippen LogP contribution in [0.3, 0.4) is 0 Å². The maximum Gasteiger partial charge on any atom is 0.292 e. The Hall–Kier alpha value is -2.48. The minimum atomic E-state index is -0.0866. The fraction of sp³-hybridized carbons (Fsp3) is 0.619. The molecule has 0 N–H and O–H groups in total. The van der Waals surface area contributed by atoms with Gasteiger partial charge in [0.2, 0.25) is 5.76 Å². The Morgan fingerprint density at radius 2 is 1.86 bits per heavy atom. The molecule has 156 valence electrons. The molecule has 2 fully saturated rings. The van der Waals surface area contributed by atoms with E-state index in [4.69, 9.17) is 19.2 Å². The third-order valence-corrected chi connectivity index (χ3v) is 5.86. The lowest BCUT2D eigenvalue weighted by atomic mass is 9.95. The molecule has 0 atom stereocenters. The average Bonchev–Trinajstić information content (AvgIpc) is 3.19. The number of aromatic nitrogens is 3. The zero-order valence-corrected chi connectivity index (χ0v) is 17.5. The van der Waals surface area contributed by atoms with Gasteiger partial charge in [-0.25, -0.2) is 9.97 Å². The lowest BCUT2D eigenvalue weighted by Gasteiger charge is -2.33. The first-order chi connectivity index (χ1) is 14.1. The number of morpholine rings is 1. The summed E-state index contributed by atoms with van der Waals surface area (Å²) in [5, 5.41) is 3.82. The molecule has 0 aliphatic carbocycles. The summed E-state index contributed by atoms with van der Waals surface area (Å²) in [4.78, 5) is 26.6. The molecule has 0 radical (unpaired) electrons. The minimum absolute atomic E-state index is 0.0866. The Labute approximate surface area is 171 Å². The van der Waals surface area contributed by atoms with E-state index in [0.29, 0.717) is 18.8 Å². The number of aryl methyl sites for hydroxylation is 2. The van der Waals surface area contributed by atoms with E-state index in [1.165, 1.54) is 5.56 Å². The number of carbonyl (C=O) groups excluding carboxylic acids is 1. The first-order valence-electron chi connectivity index (χ1n) is 10.5. The van der Waals surface area contributed by atoms with Crippen LogP contribution in [-0.4, -0.2) is 65.3 Å². The van der Waals surface area contributed by atoms with Crippen molar-refractivity contribution in [2.45, 2.75) is 46.0 Å². The highest BCUT2D eigenvalue weighted by atomic mass is 16.5. The van der Waals surface area contributed by atoms with Crippen LogP contribution in [0.15, 0.2) is 10.6 Å². The normalized spacial score (nSPS) is 18.3. The topological polar surface area (TPSA) is 84.6 Å². The molecule has 2 aromatic heterocycles. The van der Waals surface area contributed by atoms with Crippen molar-refractivity contribution in [1.82, 2.24) is 20.0 Å². The molecule has 0 saturated carbocycles. The van der Waals surface area contributed by atoms with Gasteiger partial charge in [0.05, 0.1) is 18.9 Å². The van der Waals surface area contributed by atoms with Crippen LogP contribution in [0.4, 0.5) is 5.82 Å². The van der Waals surface area contributed by atoms with Crippen molar-refractivity contribution in [3.05, 3.63) is 34.6 Å². The van der Waals surface area contributed by atoms with Gasteiger partial charge in [-0.3, -0.25) is 4.79 Å². The van der Waals surface area contributed by atoms with Gasteiger partial charge in [-0.15, -0.1) is 0 Å². The van der Waals surface area contributed by atoms with Gasteiger partial charge < -0.3 is 19.1 Å². The number of nitrogens with zero attached hydrogens (tertiary/aromatic N) is 5. The number of amides is 1. The van der Waals surface area contributed by atoms with Crippen LogP contribution >= 0.6 is 0 Å². The summed E-state index contributed by atoms with van der Waals surface area (Å²) in [7, 11) is 0. The Morgan fingerprint density at radius 1 is 1.14 bits per heavy atom. The number of piperidine rings is 1. The van der Waals surface area contributed by atoms with Crippen molar-refractivity contribution in [3.8, 4) is 0 Å². The molecule has 0 unspecified atom stereocenters. The lowest BCUT2D eigenvalue weighted by molar-refractivity contribution is 0.0669. The van der Waals surface area contributed by atoms with Gasteiger partial charge >= 0.3 is 0 Å². The summed E-state index contributed by atoms with van der Waals surface area (Å²) in [6.45, 7) is 10.6. The van der Waals surface area contributed by atoms with Crippen molar-refractivity contribution in [2.75, 3.05) is 44.3 Å². The molecule has 4 rings (SSSR count). The molecule has 8 heteroatoms. The highest BCUT2D eigenvalue weighted by molar-refractivity contribution is 5.91. The summed E-state index contributed by atoms with van der Waals surface area (Å²) in [6, 6.07) is 1.69. The number of anilines is 1. The zero-order chi connectivity index (χ0) is 20.4. The van der Waals surface area contributed by atoms with Crippen LogP contribution in [0, 0.1) is 13.8 Å². The smallest absolute Gasteiger partial charge is 0.292 e. The van der Waals surface area contributed by atoms with Gasteiger partial charge in [-0.05, 0) is 33.1 Å². The third kappa shape index (κ3) is 4.12. The monoisotopic (exact) mass is 399 g/mol. The van der Waals surface area contributed by atoms with Crippen LogP contribution in [0.2, 0.25) is 0 Å². The molecule has 2 saturated heterocycles. The Morgan fingerprint density at radius 3 is 2.48 bits per heavy atom. The predicted molar refractivity (Wildman–Crippen MR) is 108 cm³/mol. The number of hydrogen-bond acceptors (Lipinski definition) is 7. The molecule has 0 spiro atoms. The largest absolute Gasteiger partial charge is 0.378 e. The molecule has 2 aliphatic rings. The first-order valence-corrected chi connectivity index (χ1v) is 10.5. The second kappa shape index (κ2) is 8.49. The fourth-order valence-electron chi connectivity index (χ4n) is 4.20. The van der Waals surface area contributed by atoms with Crippen LogP contribution in [-0.2, 0) is 11.2 Å². The molecule has 8 nitrogen and oxygen atoms in total. The summed E-state index contributed by atoms with van der Waals surface area (Å²) in [6.07, 6.45) is 2.63. The maximum atomic E-state index is 12.6. The molecule has 0 aromatic carbocycles. The van der Waals surface area contributed by atoms with Crippen LogP contribution < -0.4 is 4.90 Å². The Bertz CT molecular complexity index is 867. The summed E-state index contributed by atoms with van der Waals surface area (Å²) in [5.41, 5.74) is 3.01. The molecule has 1 amide bonds. The molecule has 29 heavy (non-hydrogen) atoms. The number of ether oxygens (including phenoxy) is 1. The van der Waals surface area contributed by atoms with Gasteiger partial charge in [-0.1, -0.05) is 12.1 Å². The number of likely N-dealkylation sites (tertiary alicyclic amines) is 1. The van der Waals surface area contributed by atoms with E-state index in [9.17, 15) is 4.79 Å².